The Morgan fingerprint density at radius 3 is 2.15 bits per heavy atom. The summed E-state index contributed by atoms with van der Waals surface area (Å²) >= 11 is 0. The molecule has 34 heavy (non-hydrogen) atoms. The first kappa shape index (κ1) is 28.4. The molecule has 12 nitrogen and oxygen atoms in total. The average molecular weight is 481 g/mol. The van der Waals surface area contributed by atoms with Crippen molar-refractivity contribution in [2.45, 2.75) is 57.7 Å². The molecule has 0 heterocycles. The Morgan fingerprint density at radius 2 is 1.62 bits per heavy atom. The number of benzene rings is 1. The molecule has 0 fully saturated rings. The highest BCUT2D eigenvalue weighted by Gasteiger charge is 2.29. The summed E-state index contributed by atoms with van der Waals surface area (Å²) in [5.74, 6) is -4.76. The van der Waals surface area contributed by atoms with Gasteiger partial charge in [0.1, 0.15) is 17.8 Å². The summed E-state index contributed by atoms with van der Waals surface area (Å²) < 4.78 is 0. The van der Waals surface area contributed by atoms with Gasteiger partial charge in [0.15, 0.2) is 0 Å². The third-order valence-electron chi connectivity index (χ3n) is 5.23. The number of rotatable bonds is 14. The van der Waals surface area contributed by atoms with E-state index in [2.05, 4.69) is 16.0 Å². The molecule has 0 aliphatic rings. The van der Waals surface area contributed by atoms with Gasteiger partial charge in [-0.2, -0.15) is 0 Å². The lowest BCUT2D eigenvalue weighted by Gasteiger charge is -2.25. The number of nitrogens with one attached hydrogen (secondary N) is 3. The molecule has 0 aliphatic heterocycles. The number of carbonyl (C=O) groups is 5. The van der Waals surface area contributed by atoms with E-state index in [1.807, 2.05) is 0 Å². The molecule has 0 saturated heterocycles. The smallest absolute Gasteiger partial charge is 0.326 e. The Bertz CT molecular complexity index is 874. The molecule has 188 valence electrons. The van der Waals surface area contributed by atoms with E-state index in [1.54, 1.807) is 13.8 Å². The lowest BCUT2D eigenvalue weighted by Crippen LogP contribution is -2.55. The van der Waals surface area contributed by atoms with Crippen molar-refractivity contribution in [3.63, 3.8) is 0 Å². The first-order valence-electron chi connectivity index (χ1n) is 10.8. The number of phenolic OH excluding ortho intramolecular Hbond substituents is 1. The summed E-state index contributed by atoms with van der Waals surface area (Å²) in [4.78, 5) is 59.3. The van der Waals surface area contributed by atoms with Crippen molar-refractivity contribution in [3.8, 4) is 5.75 Å². The maximum Gasteiger partial charge on any atom is 0.326 e. The zero-order valence-corrected chi connectivity index (χ0v) is 19.1. The molecule has 0 spiro atoms. The van der Waals surface area contributed by atoms with Gasteiger partial charge in [-0.1, -0.05) is 32.4 Å². The van der Waals surface area contributed by atoms with E-state index in [-0.39, 0.29) is 30.9 Å². The standard InChI is InChI=1S/C22H32N4O8/c1-3-12(2)19(26-20(31)15(23)8-9-18(29)30)21(32)24-11-17(28)25-16(22(33)34)10-13-4-6-14(27)7-5-13/h4-7,12,15-16,19,27H,3,8-11,23H2,1-2H3,(H,24,32)(H,25,28)(H,26,31)(H,29,30)(H,33,34). The summed E-state index contributed by atoms with van der Waals surface area (Å²) in [5.41, 5.74) is 6.27. The van der Waals surface area contributed by atoms with Gasteiger partial charge in [0.05, 0.1) is 12.6 Å². The van der Waals surface area contributed by atoms with Gasteiger partial charge in [0.25, 0.3) is 0 Å². The normalized spacial score (nSPS) is 14.2. The van der Waals surface area contributed by atoms with Gasteiger partial charge in [-0.3, -0.25) is 19.2 Å². The van der Waals surface area contributed by atoms with E-state index >= 15 is 0 Å². The fraction of sp³-hybridized carbons (Fsp3) is 0.500. The van der Waals surface area contributed by atoms with Crippen LogP contribution >= 0.6 is 0 Å². The van der Waals surface area contributed by atoms with Crippen molar-refractivity contribution in [3.05, 3.63) is 29.8 Å². The lowest BCUT2D eigenvalue weighted by molar-refractivity contribution is -0.142. The lowest BCUT2D eigenvalue weighted by atomic mass is 9.97. The van der Waals surface area contributed by atoms with Gasteiger partial charge in [-0.15, -0.1) is 0 Å². The number of carbonyl (C=O) groups excluding carboxylic acids is 3. The van der Waals surface area contributed by atoms with Crippen molar-refractivity contribution in [2.24, 2.45) is 11.7 Å². The highest BCUT2D eigenvalue weighted by atomic mass is 16.4. The van der Waals surface area contributed by atoms with Crippen molar-refractivity contribution in [1.29, 1.82) is 0 Å². The predicted molar refractivity (Wildman–Crippen MR) is 121 cm³/mol. The fourth-order valence-corrected chi connectivity index (χ4v) is 2.96. The summed E-state index contributed by atoms with van der Waals surface area (Å²) in [6.45, 7) is 2.99. The van der Waals surface area contributed by atoms with Crippen molar-refractivity contribution in [2.75, 3.05) is 6.54 Å². The quantitative estimate of drug-likeness (QED) is 0.180. The van der Waals surface area contributed by atoms with E-state index in [4.69, 9.17) is 10.8 Å². The Balaban J connectivity index is 2.69. The molecule has 0 saturated carbocycles. The second-order valence-corrected chi connectivity index (χ2v) is 7.96. The van der Waals surface area contributed by atoms with Gasteiger partial charge in [-0.25, -0.2) is 4.79 Å². The molecule has 3 amide bonds. The largest absolute Gasteiger partial charge is 0.508 e. The number of carboxylic acids is 2. The van der Waals surface area contributed by atoms with Crippen LogP contribution in [-0.4, -0.2) is 69.7 Å². The SMILES string of the molecule is CCC(C)C(NC(=O)C(N)CCC(=O)O)C(=O)NCC(=O)NC(Cc1ccc(O)cc1)C(=O)O. The number of carboxylic acid groups (broad SMARTS) is 2. The molecule has 0 radical (unpaired) electrons. The van der Waals surface area contributed by atoms with Crippen LogP contribution in [0, 0.1) is 5.92 Å². The van der Waals surface area contributed by atoms with Gasteiger partial charge in [0, 0.05) is 12.8 Å². The topological polar surface area (TPSA) is 208 Å². The molecule has 4 unspecified atom stereocenters. The first-order valence-corrected chi connectivity index (χ1v) is 10.8. The Morgan fingerprint density at radius 1 is 1.00 bits per heavy atom. The van der Waals surface area contributed by atoms with Crippen molar-refractivity contribution < 1.29 is 39.3 Å². The molecule has 1 aromatic rings. The number of phenols is 1. The van der Waals surface area contributed by atoms with Crippen LogP contribution in [0.2, 0.25) is 0 Å². The second kappa shape index (κ2) is 13.8. The van der Waals surface area contributed by atoms with Crippen LogP contribution in [0.1, 0.15) is 38.7 Å². The highest BCUT2D eigenvalue weighted by Crippen LogP contribution is 2.12. The average Bonchev–Trinajstić information content (AvgIpc) is 2.79. The summed E-state index contributed by atoms with van der Waals surface area (Å²) in [6.07, 6.45) is 0.0809. The minimum atomic E-state index is -1.27. The van der Waals surface area contributed by atoms with Gasteiger partial charge in [0.2, 0.25) is 17.7 Å². The molecule has 12 heteroatoms. The van der Waals surface area contributed by atoms with Gasteiger partial charge >= 0.3 is 11.9 Å². The van der Waals surface area contributed by atoms with Crippen molar-refractivity contribution in [1.82, 2.24) is 16.0 Å². The number of nitrogens with two attached hydrogens (primary N) is 1. The predicted octanol–water partition coefficient (Wildman–Crippen LogP) is -0.657. The Kier molecular flexibility index (Phi) is 11.5. The maximum absolute atomic E-state index is 12.6. The van der Waals surface area contributed by atoms with Crippen LogP contribution in [0.5, 0.6) is 5.75 Å². The zero-order valence-electron chi connectivity index (χ0n) is 19.1. The molecule has 0 bridgehead atoms. The third kappa shape index (κ3) is 9.86. The number of aromatic hydroxyl groups is 1. The molecule has 1 aromatic carbocycles. The molecule has 4 atom stereocenters. The number of aliphatic carboxylic acids is 2. The molecular formula is C22H32N4O8. The molecule has 8 N–H and O–H groups in total. The highest BCUT2D eigenvalue weighted by molar-refractivity contribution is 5.92. The Labute approximate surface area is 196 Å². The van der Waals surface area contributed by atoms with Crippen molar-refractivity contribution >= 4 is 29.7 Å². The summed E-state index contributed by atoms with van der Waals surface area (Å²) in [6, 6.07) is 2.45. The first-order chi connectivity index (χ1) is 15.9. The molecule has 0 aromatic heterocycles. The van der Waals surface area contributed by atoms with E-state index in [0.717, 1.165) is 0 Å². The second-order valence-electron chi connectivity index (χ2n) is 7.96. The molecular weight excluding hydrogens is 448 g/mol. The van der Waals surface area contributed by atoms with E-state index in [1.165, 1.54) is 24.3 Å². The van der Waals surface area contributed by atoms with Gasteiger partial charge in [-0.05, 0) is 30.0 Å². The molecule has 0 aliphatic carbocycles. The zero-order chi connectivity index (χ0) is 25.8. The minimum absolute atomic E-state index is 0.0215. The summed E-state index contributed by atoms with van der Waals surface area (Å²) in [7, 11) is 0. The van der Waals surface area contributed by atoms with Crippen LogP contribution < -0.4 is 21.7 Å². The van der Waals surface area contributed by atoms with Crippen LogP contribution in [0.25, 0.3) is 0 Å². The van der Waals surface area contributed by atoms with Crippen LogP contribution in [0.4, 0.5) is 0 Å². The summed E-state index contributed by atoms with van der Waals surface area (Å²) in [5, 5.41) is 34.6. The van der Waals surface area contributed by atoms with E-state index in [0.29, 0.717) is 12.0 Å². The minimum Gasteiger partial charge on any atom is -0.508 e. The van der Waals surface area contributed by atoms with Crippen LogP contribution in [0.15, 0.2) is 24.3 Å². The Hall–Kier alpha value is -3.67. The van der Waals surface area contributed by atoms with E-state index < -0.39 is 54.3 Å². The number of amides is 3. The maximum atomic E-state index is 12.6. The fourth-order valence-electron chi connectivity index (χ4n) is 2.96. The van der Waals surface area contributed by atoms with Gasteiger partial charge < -0.3 is 37.0 Å². The van der Waals surface area contributed by atoms with Crippen LogP contribution in [-0.2, 0) is 30.4 Å². The molecule has 1 rings (SSSR count). The number of hydrogen-bond acceptors (Lipinski definition) is 7. The third-order valence-corrected chi connectivity index (χ3v) is 5.23. The number of hydrogen-bond donors (Lipinski definition) is 7. The van der Waals surface area contributed by atoms with E-state index in [9.17, 15) is 34.2 Å². The van der Waals surface area contributed by atoms with Crippen LogP contribution in [0.3, 0.4) is 0 Å². The monoisotopic (exact) mass is 480 g/mol.